The molecule has 0 aromatic rings. The lowest BCUT2D eigenvalue weighted by Gasteiger charge is -2.26. The van der Waals surface area contributed by atoms with Crippen molar-refractivity contribution in [1.29, 1.82) is 0 Å². The SMILES string of the molecule is CSC(CO)C(C)NC(=O)C1COCCO1. The Morgan fingerprint density at radius 1 is 1.62 bits per heavy atom. The zero-order chi connectivity index (χ0) is 12.0. The van der Waals surface area contributed by atoms with Gasteiger partial charge in [-0.05, 0) is 13.2 Å². The highest BCUT2D eigenvalue weighted by atomic mass is 32.2. The Balaban J connectivity index is 2.37. The summed E-state index contributed by atoms with van der Waals surface area (Å²) in [4.78, 5) is 11.7. The largest absolute Gasteiger partial charge is 0.395 e. The summed E-state index contributed by atoms with van der Waals surface area (Å²) in [5.74, 6) is -0.167. The first kappa shape index (κ1) is 13.8. The molecule has 0 radical (unpaired) electrons. The summed E-state index contributed by atoms with van der Waals surface area (Å²) in [7, 11) is 0. The van der Waals surface area contributed by atoms with E-state index in [9.17, 15) is 4.79 Å². The molecule has 3 atom stereocenters. The minimum absolute atomic E-state index is 0.00783. The molecule has 0 spiro atoms. The van der Waals surface area contributed by atoms with Gasteiger partial charge >= 0.3 is 0 Å². The van der Waals surface area contributed by atoms with Crippen molar-refractivity contribution in [2.45, 2.75) is 24.3 Å². The molecule has 16 heavy (non-hydrogen) atoms. The third-order valence-electron chi connectivity index (χ3n) is 2.52. The van der Waals surface area contributed by atoms with Gasteiger partial charge in [-0.3, -0.25) is 4.79 Å². The fraction of sp³-hybridized carbons (Fsp3) is 0.900. The maximum Gasteiger partial charge on any atom is 0.251 e. The van der Waals surface area contributed by atoms with Gasteiger partial charge in [0, 0.05) is 11.3 Å². The predicted molar refractivity (Wildman–Crippen MR) is 62.6 cm³/mol. The number of rotatable bonds is 5. The molecular formula is C10H19NO4S. The van der Waals surface area contributed by atoms with Crippen LogP contribution in [0.2, 0.25) is 0 Å². The Morgan fingerprint density at radius 3 is 2.88 bits per heavy atom. The van der Waals surface area contributed by atoms with Crippen molar-refractivity contribution in [3.05, 3.63) is 0 Å². The van der Waals surface area contributed by atoms with Crippen molar-refractivity contribution in [1.82, 2.24) is 5.32 Å². The minimum atomic E-state index is -0.516. The van der Waals surface area contributed by atoms with E-state index in [2.05, 4.69) is 5.32 Å². The number of hydrogen-bond acceptors (Lipinski definition) is 5. The van der Waals surface area contributed by atoms with Crippen LogP contribution in [0.3, 0.4) is 0 Å². The smallest absolute Gasteiger partial charge is 0.251 e. The third-order valence-corrected chi connectivity index (χ3v) is 3.68. The van der Waals surface area contributed by atoms with Gasteiger partial charge in [-0.1, -0.05) is 0 Å². The van der Waals surface area contributed by atoms with Gasteiger partial charge in [-0.15, -0.1) is 0 Å². The van der Waals surface area contributed by atoms with Crippen molar-refractivity contribution < 1.29 is 19.4 Å². The van der Waals surface area contributed by atoms with Crippen LogP contribution in [0.4, 0.5) is 0 Å². The first-order valence-corrected chi connectivity index (χ1v) is 6.61. The lowest BCUT2D eigenvalue weighted by atomic mass is 10.2. The van der Waals surface area contributed by atoms with Gasteiger partial charge in [0.1, 0.15) is 0 Å². The number of ether oxygens (including phenoxy) is 2. The maximum atomic E-state index is 11.7. The van der Waals surface area contributed by atoms with Crippen LogP contribution >= 0.6 is 11.8 Å². The van der Waals surface area contributed by atoms with E-state index in [1.54, 1.807) is 0 Å². The van der Waals surface area contributed by atoms with Crippen LogP contribution in [0.25, 0.3) is 0 Å². The Bertz CT molecular complexity index is 217. The molecule has 1 amide bonds. The first-order chi connectivity index (χ1) is 7.69. The summed E-state index contributed by atoms with van der Waals surface area (Å²) < 4.78 is 10.4. The molecule has 1 rings (SSSR count). The van der Waals surface area contributed by atoms with E-state index in [4.69, 9.17) is 14.6 Å². The molecule has 5 nitrogen and oxygen atoms in total. The molecule has 0 bridgehead atoms. The molecular weight excluding hydrogens is 230 g/mol. The second-order valence-corrected chi connectivity index (χ2v) is 4.77. The lowest BCUT2D eigenvalue weighted by molar-refractivity contribution is -0.148. The summed E-state index contributed by atoms with van der Waals surface area (Å²) in [5, 5.41) is 11.9. The van der Waals surface area contributed by atoms with Crippen molar-refractivity contribution in [3.63, 3.8) is 0 Å². The fourth-order valence-electron chi connectivity index (χ4n) is 1.49. The normalized spacial score (nSPS) is 24.8. The van der Waals surface area contributed by atoms with Crippen LogP contribution in [0, 0.1) is 0 Å². The Morgan fingerprint density at radius 2 is 2.38 bits per heavy atom. The van der Waals surface area contributed by atoms with E-state index < -0.39 is 6.10 Å². The molecule has 1 aliphatic rings. The number of amides is 1. The summed E-state index contributed by atoms with van der Waals surface area (Å²) in [6, 6.07) is -0.0852. The molecule has 0 aliphatic carbocycles. The highest BCUT2D eigenvalue weighted by molar-refractivity contribution is 7.99. The Labute approximate surface area is 99.9 Å². The predicted octanol–water partition coefficient (Wildman–Crippen LogP) is -0.370. The number of carbonyl (C=O) groups excluding carboxylic acids is 1. The summed E-state index contributed by atoms with van der Waals surface area (Å²) in [5.41, 5.74) is 0. The second kappa shape index (κ2) is 7.11. The van der Waals surface area contributed by atoms with Gasteiger partial charge < -0.3 is 19.9 Å². The second-order valence-electron chi connectivity index (χ2n) is 3.69. The molecule has 6 heteroatoms. The van der Waals surface area contributed by atoms with Crippen LogP contribution in [-0.2, 0) is 14.3 Å². The number of aliphatic hydroxyl groups is 1. The lowest BCUT2D eigenvalue weighted by Crippen LogP contribution is -2.49. The van der Waals surface area contributed by atoms with E-state index in [0.717, 1.165) is 0 Å². The van der Waals surface area contributed by atoms with Crippen LogP contribution in [0.1, 0.15) is 6.92 Å². The molecule has 94 valence electrons. The van der Waals surface area contributed by atoms with Gasteiger partial charge in [0.2, 0.25) is 0 Å². The number of hydrogen-bond donors (Lipinski definition) is 2. The third kappa shape index (κ3) is 3.93. The van der Waals surface area contributed by atoms with Crippen molar-refractivity contribution in [2.75, 3.05) is 32.7 Å². The molecule has 0 aromatic carbocycles. The van der Waals surface area contributed by atoms with E-state index in [1.165, 1.54) is 11.8 Å². The Hall–Kier alpha value is -0.300. The topological polar surface area (TPSA) is 67.8 Å². The number of thioether (sulfide) groups is 1. The van der Waals surface area contributed by atoms with Crippen LogP contribution in [-0.4, -0.2) is 61.1 Å². The highest BCUT2D eigenvalue weighted by Crippen LogP contribution is 2.11. The van der Waals surface area contributed by atoms with Crippen LogP contribution in [0.15, 0.2) is 0 Å². The van der Waals surface area contributed by atoms with Crippen molar-refractivity contribution in [2.24, 2.45) is 0 Å². The van der Waals surface area contributed by atoms with Crippen LogP contribution in [0.5, 0.6) is 0 Å². The number of aliphatic hydroxyl groups excluding tert-OH is 1. The summed E-state index contributed by atoms with van der Waals surface area (Å²) in [6.07, 6.45) is 1.39. The standard InChI is InChI=1S/C10H19NO4S/c1-7(9(5-12)16-2)11-10(13)8-6-14-3-4-15-8/h7-9,12H,3-6H2,1-2H3,(H,11,13). The molecule has 0 aromatic heterocycles. The van der Waals surface area contributed by atoms with E-state index >= 15 is 0 Å². The molecule has 1 fully saturated rings. The van der Waals surface area contributed by atoms with Crippen molar-refractivity contribution >= 4 is 17.7 Å². The monoisotopic (exact) mass is 249 g/mol. The molecule has 2 N–H and O–H groups in total. The summed E-state index contributed by atoms with van der Waals surface area (Å²) in [6.45, 7) is 3.23. The molecule has 1 aliphatic heterocycles. The Kier molecular flexibility index (Phi) is 6.12. The van der Waals surface area contributed by atoms with Gasteiger partial charge in [0.15, 0.2) is 6.10 Å². The van der Waals surface area contributed by atoms with Crippen molar-refractivity contribution in [3.8, 4) is 0 Å². The number of nitrogens with one attached hydrogen (secondary N) is 1. The first-order valence-electron chi connectivity index (χ1n) is 5.32. The quantitative estimate of drug-likeness (QED) is 0.696. The van der Waals surface area contributed by atoms with Gasteiger partial charge in [0.25, 0.3) is 5.91 Å². The zero-order valence-corrected chi connectivity index (χ0v) is 10.5. The number of carbonyl (C=O) groups is 1. The van der Waals surface area contributed by atoms with Crippen LogP contribution < -0.4 is 5.32 Å². The summed E-state index contributed by atoms with van der Waals surface area (Å²) >= 11 is 1.53. The highest BCUT2D eigenvalue weighted by Gasteiger charge is 2.25. The minimum Gasteiger partial charge on any atom is -0.395 e. The average Bonchev–Trinajstić information content (AvgIpc) is 2.31. The molecule has 0 saturated carbocycles. The zero-order valence-electron chi connectivity index (χ0n) is 9.64. The molecule has 3 unspecified atom stereocenters. The average molecular weight is 249 g/mol. The van der Waals surface area contributed by atoms with Gasteiger partial charge in [0.05, 0.1) is 26.4 Å². The van der Waals surface area contributed by atoms with Gasteiger partial charge in [-0.2, -0.15) is 11.8 Å². The molecule has 1 saturated heterocycles. The van der Waals surface area contributed by atoms with Gasteiger partial charge in [-0.25, -0.2) is 0 Å². The van der Waals surface area contributed by atoms with E-state index in [-0.39, 0.29) is 23.8 Å². The van der Waals surface area contributed by atoms with E-state index in [0.29, 0.717) is 19.8 Å². The fourth-order valence-corrected chi connectivity index (χ4v) is 2.11. The maximum absolute atomic E-state index is 11.7. The van der Waals surface area contributed by atoms with E-state index in [1.807, 2.05) is 13.2 Å². The molecule has 1 heterocycles.